The molecule has 5 rings (SSSR count). The third-order valence-corrected chi connectivity index (χ3v) is 8.18. The zero-order valence-corrected chi connectivity index (χ0v) is 20.0. The smallest absolute Gasteiger partial charge is 0.211 e. The van der Waals surface area contributed by atoms with E-state index in [4.69, 9.17) is 9.15 Å². The normalized spacial score (nSPS) is 20.9. The van der Waals surface area contributed by atoms with Crippen LogP contribution in [0.4, 0.5) is 0 Å². The maximum absolute atomic E-state index is 12.5. The van der Waals surface area contributed by atoms with Crippen molar-refractivity contribution in [2.45, 2.75) is 25.2 Å². The summed E-state index contributed by atoms with van der Waals surface area (Å²) in [5, 5.41) is 2.92. The van der Waals surface area contributed by atoms with E-state index >= 15 is 0 Å². The van der Waals surface area contributed by atoms with Crippen molar-refractivity contribution in [2.24, 2.45) is 0 Å². The lowest BCUT2D eigenvalue weighted by molar-refractivity contribution is -0.130. The van der Waals surface area contributed by atoms with Crippen molar-refractivity contribution in [3.05, 3.63) is 42.2 Å². The third kappa shape index (κ3) is 4.60. The molecule has 0 bridgehead atoms. The Labute approximate surface area is 198 Å². The summed E-state index contributed by atoms with van der Waals surface area (Å²) in [6, 6.07) is 9.79. The zero-order valence-electron chi connectivity index (χ0n) is 19.2. The van der Waals surface area contributed by atoms with Crippen LogP contribution in [0.2, 0.25) is 0 Å². The van der Waals surface area contributed by atoms with Gasteiger partial charge in [-0.2, -0.15) is 4.31 Å². The van der Waals surface area contributed by atoms with Crippen LogP contribution in [-0.2, 0) is 19.6 Å². The minimum atomic E-state index is -3.13. The van der Waals surface area contributed by atoms with Gasteiger partial charge in [0.1, 0.15) is 29.5 Å². The SMILES string of the molecule is CS(=O)(=O)N1CCN(CCOc2ccc3c(ccc4occ(C5CCC(=O)CC5=O)c43)c2)CC1. The second-order valence-corrected chi connectivity index (χ2v) is 11.1. The van der Waals surface area contributed by atoms with Crippen molar-refractivity contribution in [1.82, 2.24) is 9.21 Å². The Morgan fingerprint density at radius 1 is 1.09 bits per heavy atom. The Morgan fingerprint density at radius 3 is 2.62 bits per heavy atom. The molecule has 1 unspecified atom stereocenters. The van der Waals surface area contributed by atoms with Crippen LogP contribution < -0.4 is 4.74 Å². The van der Waals surface area contributed by atoms with Gasteiger partial charge in [-0.25, -0.2) is 8.42 Å². The lowest BCUT2D eigenvalue weighted by atomic mass is 9.81. The van der Waals surface area contributed by atoms with Crippen molar-refractivity contribution in [2.75, 3.05) is 45.6 Å². The van der Waals surface area contributed by atoms with Gasteiger partial charge in [0, 0.05) is 56.0 Å². The van der Waals surface area contributed by atoms with Crippen LogP contribution in [0.15, 0.2) is 41.0 Å². The molecule has 1 saturated carbocycles. The van der Waals surface area contributed by atoms with E-state index in [1.54, 1.807) is 6.26 Å². The van der Waals surface area contributed by atoms with E-state index in [-0.39, 0.29) is 23.9 Å². The molecule has 0 N–H and O–H groups in total. The Hall–Kier alpha value is -2.75. The molecule has 34 heavy (non-hydrogen) atoms. The predicted molar refractivity (Wildman–Crippen MR) is 129 cm³/mol. The van der Waals surface area contributed by atoms with Crippen LogP contribution in [-0.4, -0.2) is 74.8 Å². The van der Waals surface area contributed by atoms with E-state index in [2.05, 4.69) is 4.90 Å². The van der Waals surface area contributed by atoms with Gasteiger partial charge in [0.15, 0.2) is 0 Å². The monoisotopic (exact) mass is 484 g/mol. The number of ether oxygens (including phenoxy) is 1. The molecule has 2 aliphatic rings. The molecule has 1 aliphatic carbocycles. The average Bonchev–Trinajstić information content (AvgIpc) is 3.23. The fraction of sp³-hybridized carbons (Fsp3) is 0.440. The van der Waals surface area contributed by atoms with Crippen LogP contribution in [0.25, 0.3) is 21.7 Å². The van der Waals surface area contributed by atoms with Gasteiger partial charge >= 0.3 is 0 Å². The number of benzene rings is 2. The molecular weight excluding hydrogens is 456 g/mol. The summed E-state index contributed by atoms with van der Waals surface area (Å²) in [6.45, 7) is 3.64. The first kappa shape index (κ1) is 23.0. The summed E-state index contributed by atoms with van der Waals surface area (Å²) in [4.78, 5) is 26.4. The number of carbonyl (C=O) groups excluding carboxylic acids is 2. The zero-order chi connectivity index (χ0) is 23.9. The highest BCUT2D eigenvalue weighted by atomic mass is 32.2. The van der Waals surface area contributed by atoms with E-state index in [1.807, 2.05) is 30.3 Å². The van der Waals surface area contributed by atoms with Crippen molar-refractivity contribution in [3.8, 4) is 5.75 Å². The summed E-state index contributed by atoms with van der Waals surface area (Å²) >= 11 is 0. The Balaban J connectivity index is 1.28. The highest BCUT2D eigenvalue weighted by Gasteiger charge is 2.31. The molecule has 3 aromatic rings. The first-order valence-corrected chi connectivity index (χ1v) is 13.4. The lowest BCUT2D eigenvalue weighted by Gasteiger charge is -2.33. The molecule has 9 heteroatoms. The van der Waals surface area contributed by atoms with Gasteiger partial charge in [-0.3, -0.25) is 14.5 Å². The van der Waals surface area contributed by atoms with Gasteiger partial charge in [0.2, 0.25) is 10.0 Å². The number of nitrogens with zero attached hydrogens (tertiary/aromatic N) is 2. The van der Waals surface area contributed by atoms with E-state index in [9.17, 15) is 18.0 Å². The first-order valence-electron chi connectivity index (χ1n) is 11.6. The van der Waals surface area contributed by atoms with Gasteiger partial charge in [-0.05, 0) is 41.5 Å². The maximum Gasteiger partial charge on any atom is 0.211 e. The van der Waals surface area contributed by atoms with Gasteiger partial charge < -0.3 is 9.15 Å². The number of ketones is 2. The summed E-state index contributed by atoms with van der Waals surface area (Å²) in [7, 11) is -3.13. The van der Waals surface area contributed by atoms with Gasteiger partial charge in [-0.15, -0.1) is 0 Å². The van der Waals surface area contributed by atoms with Crippen molar-refractivity contribution >= 4 is 43.3 Å². The first-order chi connectivity index (χ1) is 16.3. The average molecular weight is 485 g/mol. The summed E-state index contributed by atoms with van der Waals surface area (Å²) < 4.78 is 36.6. The fourth-order valence-corrected chi connectivity index (χ4v) is 5.82. The molecule has 0 amide bonds. The Bertz CT molecular complexity index is 1350. The number of piperazine rings is 1. The number of fused-ring (bicyclic) bond motifs is 3. The number of Topliss-reactive ketones (excluding diaryl/α,β-unsaturated/α-hetero) is 2. The second-order valence-electron chi connectivity index (χ2n) is 9.14. The number of sulfonamides is 1. The maximum atomic E-state index is 12.5. The quantitative estimate of drug-likeness (QED) is 0.496. The highest BCUT2D eigenvalue weighted by molar-refractivity contribution is 7.88. The van der Waals surface area contributed by atoms with Crippen LogP contribution in [0, 0.1) is 0 Å². The number of carbonyl (C=O) groups is 2. The van der Waals surface area contributed by atoms with E-state index in [0.29, 0.717) is 45.6 Å². The molecule has 1 saturated heterocycles. The van der Waals surface area contributed by atoms with Crippen molar-refractivity contribution in [3.63, 3.8) is 0 Å². The standard InChI is InChI=1S/C25H28N2O6S/c1-34(30,31)27-10-8-26(9-11-27)12-13-32-19-4-6-20-17(14-19)2-7-24-25(20)22(16-33-24)21-5-3-18(28)15-23(21)29/h2,4,6-7,14,16,21H,3,5,8-13,15H2,1H3. The van der Waals surface area contributed by atoms with Gasteiger partial charge in [0.05, 0.1) is 18.9 Å². The Kier molecular flexibility index (Phi) is 6.18. The summed E-state index contributed by atoms with van der Waals surface area (Å²) in [6.07, 6.45) is 3.87. The molecule has 1 aromatic heterocycles. The van der Waals surface area contributed by atoms with E-state index in [0.717, 1.165) is 39.6 Å². The molecule has 180 valence electrons. The highest BCUT2D eigenvalue weighted by Crippen LogP contribution is 2.38. The molecule has 0 spiro atoms. The van der Waals surface area contributed by atoms with Gasteiger partial charge in [0.25, 0.3) is 0 Å². The number of furan rings is 1. The predicted octanol–water partition coefficient (Wildman–Crippen LogP) is 2.95. The molecule has 8 nitrogen and oxygen atoms in total. The lowest BCUT2D eigenvalue weighted by Crippen LogP contribution is -2.49. The third-order valence-electron chi connectivity index (χ3n) is 6.88. The minimum Gasteiger partial charge on any atom is -0.492 e. The molecular formula is C25H28N2O6S. The van der Waals surface area contributed by atoms with Crippen molar-refractivity contribution in [1.29, 1.82) is 0 Å². The molecule has 0 radical (unpaired) electrons. The Morgan fingerprint density at radius 2 is 1.88 bits per heavy atom. The van der Waals surface area contributed by atoms with Crippen LogP contribution in [0.1, 0.15) is 30.7 Å². The van der Waals surface area contributed by atoms with Crippen LogP contribution >= 0.6 is 0 Å². The minimum absolute atomic E-state index is 0.00337. The molecule has 2 aromatic carbocycles. The topological polar surface area (TPSA) is 97.1 Å². The molecule has 2 fully saturated rings. The molecule has 1 aliphatic heterocycles. The number of rotatable bonds is 6. The van der Waals surface area contributed by atoms with Gasteiger partial charge in [-0.1, -0.05) is 6.07 Å². The number of hydrogen-bond donors (Lipinski definition) is 0. The summed E-state index contributed by atoms with van der Waals surface area (Å²) in [5.74, 6) is 0.431. The van der Waals surface area contributed by atoms with E-state index in [1.165, 1.54) is 10.6 Å². The van der Waals surface area contributed by atoms with E-state index < -0.39 is 10.0 Å². The largest absolute Gasteiger partial charge is 0.492 e. The van der Waals surface area contributed by atoms with Crippen LogP contribution in [0.3, 0.4) is 0 Å². The molecule has 2 heterocycles. The fourth-order valence-electron chi connectivity index (χ4n) is 4.99. The second kappa shape index (κ2) is 9.13. The summed E-state index contributed by atoms with van der Waals surface area (Å²) in [5.41, 5.74) is 1.59. The van der Waals surface area contributed by atoms with Crippen LogP contribution in [0.5, 0.6) is 5.75 Å². The number of hydrogen-bond acceptors (Lipinski definition) is 7. The molecule has 1 atom stereocenters. The van der Waals surface area contributed by atoms with Crippen molar-refractivity contribution < 1.29 is 27.2 Å².